The SMILES string of the molecule is COc1ccc(F)c(CN2CC[C@@H](c3cc(=O)[nH]c(-c4ccncc4)n3)C2)c1. The predicted octanol–water partition coefficient (Wildman–Crippen LogP) is 2.97. The van der Waals surface area contributed by atoms with Gasteiger partial charge in [-0.2, -0.15) is 0 Å². The van der Waals surface area contributed by atoms with E-state index in [0.29, 0.717) is 23.7 Å². The minimum Gasteiger partial charge on any atom is -0.497 e. The first kappa shape index (κ1) is 18.3. The van der Waals surface area contributed by atoms with Crippen LogP contribution >= 0.6 is 0 Å². The summed E-state index contributed by atoms with van der Waals surface area (Å²) in [5.74, 6) is 1.09. The second-order valence-corrected chi connectivity index (χ2v) is 6.93. The van der Waals surface area contributed by atoms with Crippen LogP contribution in [-0.4, -0.2) is 40.1 Å². The number of nitrogens with zero attached hydrogens (tertiary/aromatic N) is 3. The lowest BCUT2D eigenvalue weighted by atomic mass is 10.0. The topological polar surface area (TPSA) is 71.1 Å². The standard InChI is InChI=1S/C21H21FN4O2/c1-28-17-2-3-18(22)16(10-17)13-26-9-6-15(12-26)19-11-20(27)25-21(24-19)14-4-7-23-8-5-14/h2-5,7-8,10-11,15H,6,9,12-13H2,1H3,(H,24,25,27)/t15-/m1/s1. The molecule has 0 radical (unpaired) electrons. The molecule has 7 heteroatoms. The van der Waals surface area contributed by atoms with Gasteiger partial charge in [0.15, 0.2) is 0 Å². The number of benzene rings is 1. The molecule has 1 aliphatic heterocycles. The van der Waals surface area contributed by atoms with Gasteiger partial charge in [-0.25, -0.2) is 9.37 Å². The quantitative estimate of drug-likeness (QED) is 0.737. The third-order valence-corrected chi connectivity index (χ3v) is 5.05. The largest absolute Gasteiger partial charge is 0.497 e. The lowest BCUT2D eigenvalue weighted by Gasteiger charge is -2.17. The van der Waals surface area contributed by atoms with Gasteiger partial charge in [0.25, 0.3) is 5.56 Å². The second-order valence-electron chi connectivity index (χ2n) is 6.93. The van der Waals surface area contributed by atoms with Crippen molar-refractivity contribution in [2.75, 3.05) is 20.2 Å². The zero-order chi connectivity index (χ0) is 19.5. The molecule has 1 atom stereocenters. The van der Waals surface area contributed by atoms with Gasteiger partial charge >= 0.3 is 0 Å². The van der Waals surface area contributed by atoms with E-state index < -0.39 is 0 Å². The molecule has 1 N–H and O–H groups in total. The van der Waals surface area contributed by atoms with Crippen molar-refractivity contribution in [1.82, 2.24) is 19.9 Å². The number of H-pyrrole nitrogens is 1. The number of ether oxygens (including phenoxy) is 1. The molecule has 0 unspecified atom stereocenters. The number of aromatic amines is 1. The molecule has 1 saturated heterocycles. The first-order valence-corrected chi connectivity index (χ1v) is 9.19. The smallest absolute Gasteiger partial charge is 0.251 e. The molecule has 1 aliphatic rings. The Labute approximate surface area is 162 Å². The van der Waals surface area contributed by atoms with Gasteiger partial charge in [-0.3, -0.25) is 14.7 Å². The molecule has 1 fully saturated rings. The molecule has 3 heterocycles. The minimum absolute atomic E-state index is 0.136. The van der Waals surface area contributed by atoms with Gasteiger partial charge in [0, 0.05) is 48.6 Å². The molecule has 0 spiro atoms. The minimum atomic E-state index is -0.237. The molecule has 0 amide bonds. The van der Waals surface area contributed by atoms with Gasteiger partial charge in [-0.15, -0.1) is 0 Å². The van der Waals surface area contributed by atoms with Gasteiger partial charge in [0.2, 0.25) is 0 Å². The Morgan fingerprint density at radius 1 is 1.25 bits per heavy atom. The number of aromatic nitrogens is 3. The van der Waals surface area contributed by atoms with E-state index in [4.69, 9.17) is 4.74 Å². The number of halogens is 1. The van der Waals surface area contributed by atoms with E-state index in [0.717, 1.165) is 30.8 Å². The maximum atomic E-state index is 14.1. The van der Waals surface area contributed by atoms with E-state index in [-0.39, 0.29) is 17.3 Å². The highest BCUT2D eigenvalue weighted by molar-refractivity contribution is 5.53. The van der Waals surface area contributed by atoms with Crippen LogP contribution in [-0.2, 0) is 6.54 Å². The number of likely N-dealkylation sites (tertiary alicyclic amines) is 1. The van der Waals surface area contributed by atoms with Crippen LogP contribution in [0.2, 0.25) is 0 Å². The van der Waals surface area contributed by atoms with Crippen LogP contribution < -0.4 is 10.3 Å². The average molecular weight is 380 g/mol. The third-order valence-electron chi connectivity index (χ3n) is 5.05. The van der Waals surface area contributed by atoms with Crippen LogP contribution in [0.5, 0.6) is 5.75 Å². The van der Waals surface area contributed by atoms with Gasteiger partial charge in [-0.05, 0) is 43.3 Å². The van der Waals surface area contributed by atoms with Gasteiger partial charge < -0.3 is 9.72 Å². The Bertz CT molecular complexity index is 1020. The zero-order valence-electron chi connectivity index (χ0n) is 15.6. The third kappa shape index (κ3) is 3.94. The molecule has 0 aliphatic carbocycles. The van der Waals surface area contributed by atoms with Crippen LogP contribution in [0.3, 0.4) is 0 Å². The molecule has 0 saturated carbocycles. The summed E-state index contributed by atoms with van der Waals surface area (Å²) in [6.07, 6.45) is 4.21. The highest BCUT2D eigenvalue weighted by Gasteiger charge is 2.26. The fourth-order valence-electron chi connectivity index (χ4n) is 3.59. The summed E-state index contributed by atoms with van der Waals surface area (Å²) in [5.41, 5.74) is 2.02. The van der Waals surface area contributed by atoms with Crippen LogP contribution in [0.15, 0.2) is 53.6 Å². The van der Waals surface area contributed by atoms with Crippen molar-refractivity contribution in [1.29, 1.82) is 0 Å². The zero-order valence-corrected chi connectivity index (χ0v) is 15.6. The Balaban J connectivity index is 1.52. The van der Waals surface area contributed by atoms with Gasteiger partial charge in [0.1, 0.15) is 17.4 Å². The highest BCUT2D eigenvalue weighted by atomic mass is 19.1. The Morgan fingerprint density at radius 2 is 2.07 bits per heavy atom. The van der Waals surface area contributed by atoms with E-state index >= 15 is 0 Å². The number of hydrogen-bond acceptors (Lipinski definition) is 5. The number of nitrogens with one attached hydrogen (secondary N) is 1. The van der Waals surface area contributed by atoms with Crippen molar-refractivity contribution in [3.63, 3.8) is 0 Å². The molecule has 28 heavy (non-hydrogen) atoms. The summed E-state index contributed by atoms with van der Waals surface area (Å²) >= 11 is 0. The Hall–Kier alpha value is -3.06. The fraction of sp³-hybridized carbons (Fsp3) is 0.286. The average Bonchev–Trinajstić information content (AvgIpc) is 3.18. The normalized spacial score (nSPS) is 17.0. The number of rotatable bonds is 5. The summed E-state index contributed by atoms with van der Waals surface area (Å²) in [6.45, 7) is 2.04. The van der Waals surface area contributed by atoms with E-state index in [1.807, 2.05) is 12.1 Å². The van der Waals surface area contributed by atoms with Crippen molar-refractivity contribution in [2.24, 2.45) is 0 Å². The Kier molecular flexibility index (Phi) is 5.16. The van der Waals surface area contributed by atoms with Crippen LogP contribution in [0.1, 0.15) is 23.6 Å². The summed E-state index contributed by atoms with van der Waals surface area (Å²) < 4.78 is 19.3. The fourth-order valence-corrected chi connectivity index (χ4v) is 3.59. The number of hydrogen-bond donors (Lipinski definition) is 1. The van der Waals surface area contributed by atoms with Crippen LogP contribution in [0.4, 0.5) is 4.39 Å². The van der Waals surface area contributed by atoms with E-state index in [2.05, 4.69) is 19.9 Å². The molecule has 144 valence electrons. The monoisotopic (exact) mass is 380 g/mol. The van der Waals surface area contributed by atoms with Gasteiger partial charge in [-0.1, -0.05) is 0 Å². The van der Waals surface area contributed by atoms with Crippen molar-refractivity contribution in [3.8, 4) is 17.1 Å². The summed E-state index contributed by atoms with van der Waals surface area (Å²) in [6, 6.07) is 9.97. The van der Waals surface area contributed by atoms with Gasteiger partial charge in [0.05, 0.1) is 12.8 Å². The van der Waals surface area contributed by atoms with Crippen LogP contribution in [0, 0.1) is 5.82 Å². The first-order valence-electron chi connectivity index (χ1n) is 9.19. The molecule has 1 aromatic carbocycles. The van der Waals surface area contributed by atoms with E-state index in [1.165, 1.54) is 6.07 Å². The van der Waals surface area contributed by atoms with E-state index in [9.17, 15) is 9.18 Å². The molecule has 3 aromatic rings. The summed E-state index contributed by atoms with van der Waals surface area (Å²) in [7, 11) is 1.57. The Morgan fingerprint density at radius 3 is 2.86 bits per heavy atom. The highest BCUT2D eigenvalue weighted by Crippen LogP contribution is 2.28. The van der Waals surface area contributed by atoms with Crippen molar-refractivity contribution >= 4 is 0 Å². The molecular formula is C21H21FN4O2. The molecule has 2 aromatic heterocycles. The maximum Gasteiger partial charge on any atom is 0.251 e. The number of pyridine rings is 1. The molecule has 0 bridgehead atoms. The summed E-state index contributed by atoms with van der Waals surface area (Å²) in [5, 5.41) is 0. The van der Waals surface area contributed by atoms with Crippen molar-refractivity contribution < 1.29 is 9.13 Å². The van der Waals surface area contributed by atoms with Crippen LogP contribution in [0.25, 0.3) is 11.4 Å². The summed E-state index contributed by atoms with van der Waals surface area (Å²) in [4.78, 5) is 25.8. The van der Waals surface area contributed by atoms with E-state index in [1.54, 1.807) is 37.7 Å². The maximum absolute atomic E-state index is 14.1. The lowest BCUT2D eigenvalue weighted by molar-refractivity contribution is 0.319. The lowest BCUT2D eigenvalue weighted by Crippen LogP contribution is -2.21. The molecular weight excluding hydrogens is 359 g/mol. The molecule has 6 nitrogen and oxygen atoms in total. The number of methoxy groups -OCH3 is 1. The molecule has 4 rings (SSSR count). The predicted molar refractivity (Wildman–Crippen MR) is 104 cm³/mol. The van der Waals surface area contributed by atoms with Crippen molar-refractivity contribution in [3.05, 3.63) is 76.2 Å². The first-order chi connectivity index (χ1) is 13.6. The second kappa shape index (κ2) is 7.90. The van der Waals surface area contributed by atoms with Crippen molar-refractivity contribution in [2.45, 2.75) is 18.9 Å².